The van der Waals surface area contributed by atoms with Gasteiger partial charge >= 0.3 is 5.97 Å². The Hall–Kier alpha value is -0.610. The Morgan fingerprint density at radius 1 is 1.54 bits per heavy atom. The predicted molar refractivity (Wildman–Crippen MR) is 50.8 cm³/mol. The zero-order valence-corrected chi connectivity index (χ0v) is 8.54. The topological polar surface area (TPSA) is 58.6 Å². The first kappa shape index (κ1) is 12.4. The SMILES string of the molecule is CCNC(CCOC(C)C)C(=O)O. The summed E-state index contributed by atoms with van der Waals surface area (Å²) in [6.45, 7) is 6.91. The lowest BCUT2D eigenvalue weighted by atomic mass is 10.2. The molecule has 0 aromatic carbocycles. The fourth-order valence-electron chi connectivity index (χ4n) is 0.981. The summed E-state index contributed by atoms with van der Waals surface area (Å²) in [4.78, 5) is 10.6. The van der Waals surface area contributed by atoms with E-state index in [4.69, 9.17) is 9.84 Å². The van der Waals surface area contributed by atoms with E-state index in [0.717, 1.165) is 0 Å². The molecule has 0 radical (unpaired) electrons. The molecule has 0 bridgehead atoms. The summed E-state index contributed by atoms with van der Waals surface area (Å²) >= 11 is 0. The molecule has 0 saturated heterocycles. The van der Waals surface area contributed by atoms with Gasteiger partial charge in [-0.05, 0) is 26.8 Å². The quantitative estimate of drug-likeness (QED) is 0.623. The van der Waals surface area contributed by atoms with Gasteiger partial charge < -0.3 is 15.2 Å². The second-order valence-electron chi connectivity index (χ2n) is 3.16. The van der Waals surface area contributed by atoms with E-state index in [1.54, 1.807) is 0 Å². The number of hydrogen-bond acceptors (Lipinski definition) is 3. The van der Waals surface area contributed by atoms with Gasteiger partial charge in [-0.2, -0.15) is 0 Å². The van der Waals surface area contributed by atoms with Crippen LogP contribution in [0.4, 0.5) is 0 Å². The first-order valence-corrected chi connectivity index (χ1v) is 4.65. The summed E-state index contributed by atoms with van der Waals surface area (Å²) in [5.41, 5.74) is 0. The van der Waals surface area contributed by atoms with Crippen molar-refractivity contribution in [1.82, 2.24) is 5.32 Å². The molecule has 0 aliphatic carbocycles. The Morgan fingerprint density at radius 3 is 2.54 bits per heavy atom. The standard InChI is InChI=1S/C9H19NO3/c1-4-10-8(9(11)12)5-6-13-7(2)3/h7-8,10H,4-6H2,1-3H3,(H,11,12). The van der Waals surface area contributed by atoms with Crippen LogP contribution in [0.1, 0.15) is 27.2 Å². The summed E-state index contributed by atoms with van der Waals surface area (Å²) in [5, 5.41) is 11.6. The fraction of sp³-hybridized carbons (Fsp3) is 0.889. The Kier molecular flexibility index (Phi) is 6.54. The lowest BCUT2D eigenvalue weighted by Gasteiger charge is -2.14. The van der Waals surface area contributed by atoms with Gasteiger partial charge in [-0.1, -0.05) is 6.92 Å². The third-order valence-corrected chi connectivity index (χ3v) is 1.61. The molecule has 4 nitrogen and oxygen atoms in total. The highest BCUT2D eigenvalue weighted by molar-refractivity contribution is 5.73. The monoisotopic (exact) mass is 189 g/mol. The molecule has 0 saturated carbocycles. The first-order valence-electron chi connectivity index (χ1n) is 4.65. The highest BCUT2D eigenvalue weighted by atomic mass is 16.5. The van der Waals surface area contributed by atoms with Crippen molar-refractivity contribution in [1.29, 1.82) is 0 Å². The molecular weight excluding hydrogens is 170 g/mol. The molecule has 0 rings (SSSR count). The van der Waals surface area contributed by atoms with Gasteiger partial charge in [0.2, 0.25) is 0 Å². The van der Waals surface area contributed by atoms with Crippen molar-refractivity contribution in [3.05, 3.63) is 0 Å². The molecule has 1 unspecified atom stereocenters. The third kappa shape index (κ3) is 6.54. The zero-order valence-electron chi connectivity index (χ0n) is 8.54. The minimum absolute atomic E-state index is 0.163. The second-order valence-corrected chi connectivity index (χ2v) is 3.16. The lowest BCUT2D eigenvalue weighted by molar-refractivity contribution is -0.140. The van der Waals surface area contributed by atoms with Crippen LogP contribution in [0.15, 0.2) is 0 Å². The summed E-state index contributed by atoms with van der Waals surface area (Å²) in [6, 6.07) is -0.483. The molecule has 13 heavy (non-hydrogen) atoms. The molecular formula is C9H19NO3. The molecule has 0 amide bonds. The predicted octanol–water partition coefficient (Wildman–Crippen LogP) is 0.864. The van der Waals surface area contributed by atoms with Crippen LogP contribution >= 0.6 is 0 Å². The van der Waals surface area contributed by atoms with E-state index in [1.807, 2.05) is 20.8 Å². The Morgan fingerprint density at radius 2 is 2.15 bits per heavy atom. The van der Waals surface area contributed by atoms with Crippen LogP contribution in [-0.2, 0) is 9.53 Å². The minimum atomic E-state index is -0.811. The van der Waals surface area contributed by atoms with Crippen molar-refractivity contribution >= 4 is 5.97 Å². The van der Waals surface area contributed by atoms with E-state index in [9.17, 15) is 4.79 Å². The molecule has 0 aromatic heterocycles. The van der Waals surface area contributed by atoms with Crippen LogP contribution in [-0.4, -0.2) is 36.4 Å². The molecule has 1 atom stereocenters. The molecule has 0 heterocycles. The largest absolute Gasteiger partial charge is 0.480 e. The van der Waals surface area contributed by atoms with E-state index < -0.39 is 12.0 Å². The minimum Gasteiger partial charge on any atom is -0.480 e. The number of carboxylic acid groups (broad SMARTS) is 1. The number of carboxylic acids is 1. The summed E-state index contributed by atoms with van der Waals surface area (Å²) < 4.78 is 5.27. The van der Waals surface area contributed by atoms with E-state index in [-0.39, 0.29) is 6.10 Å². The maximum absolute atomic E-state index is 10.6. The molecule has 0 aliphatic rings. The number of nitrogens with one attached hydrogen (secondary N) is 1. The normalized spacial score (nSPS) is 13.2. The summed E-state index contributed by atoms with van der Waals surface area (Å²) in [6.07, 6.45) is 0.678. The van der Waals surface area contributed by atoms with E-state index >= 15 is 0 Å². The lowest BCUT2D eigenvalue weighted by Crippen LogP contribution is -2.37. The van der Waals surface area contributed by atoms with E-state index in [0.29, 0.717) is 19.6 Å². The van der Waals surface area contributed by atoms with E-state index in [1.165, 1.54) is 0 Å². The highest BCUT2D eigenvalue weighted by Gasteiger charge is 2.15. The molecule has 2 N–H and O–H groups in total. The molecule has 0 fully saturated rings. The Balaban J connectivity index is 3.63. The average molecular weight is 189 g/mol. The van der Waals surface area contributed by atoms with Crippen LogP contribution in [0.2, 0.25) is 0 Å². The summed E-state index contributed by atoms with van der Waals surface area (Å²) in [7, 11) is 0. The maximum Gasteiger partial charge on any atom is 0.320 e. The second kappa shape index (κ2) is 6.86. The number of aliphatic carboxylic acids is 1. The number of rotatable bonds is 7. The zero-order chi connectivity index (χ0) is 10.3. The number of hydrogen-bond donors (Lipinski definition) is 2. The number of ether oxygens (including phenoxy) is 1. The van der Waals surface area contributed by atoms with Gasteiger partial charge in [0.1, 0.15) is 6.04 Å². The van der Waals surface area contributed by atoms with Crippen LogP contribution in [0.25, 0.3) is 0 Å². The van der Waals surface area contributed by atoms with Crippen molar-refractivity contribution in [2.45, 2.75) is 39.3 Å². The van der Waals surface area contributed by atoms with Gasteiger partial charge in [0.15, 0.2) is 0 Å². The van der Waals surface area contributed by atoms with Gasteiger partial charge in [0, 0.05) is 6.61 Å². The highest BCUT2D eigenvalue weighted by Crippen LogP contribution is 1.96. The van der Waals surface area contributed by atoms with Crippen molar-refractivity contribution in [2.24, 2.45) is 0 Å². The van der Waals surface area contributed by atoms with Gasteiger partial charge in [-0.15, -0.1) is 0 Å². The van der Waals surface area contributed by atoms with Gasteiger partial charge in [-0.25, -0.2) is 0 Å². The number of likely N-dealkylation sites (N-methyl/N-ethyl adjacent to an activating group) is 1. The van der Waals surface area contributed by atoms with Crippen LogP contribution < -0.4 is 5.32 Å². The molecule has 0 aromatic rings. The molecule has 0 spiro atoms. The molecule has 0 aliphatic heterocycles. The van der Waals surface area contributed by atoms with Crippen molar-refractivity contribution < 1.29 is 14.6 Å². The van der Waals surface area contributed by atoms with Crippen molar-refractivity contribution in [2.75, 3.05) is 13.2 Å². The maximum atomic E-state index is 10.6. The van der Waals surface area contributed by atoms with Gasteiger partial charge in [0.25, 0.3) is 0 Å². The molecule has 4 heteroatoms. The van der Waals surface area contributed by atoms with Crippen LogP contribution in [0.3, 0.4) is 0 Å². The van der Waals surface area contributed by atoms with Gasteiger partial charge in [-0.3, -0.25) is 4.79 Å². The van der Waals surface area contributed by atoms with Crippen LogP contribution in [0, 0.1) is 0 Å². The molecule has 78 valence electrons. The third-order valence-electron chi connectivity index (χ3n) is 1.61. The van der Waals surface area contributed by atoms with Gasteiger partial charge in [0.05, 0.1) is 6.10 Å². The number of carbonyl (C=O) groups is 1. The Bertz CT molecular complexity index is 148. The van der Waals surface area contributed by atoms with Crippen molar-refractivity contribution in [3.8, 4) is 0 Å². The average Bonchev–Trinajstić information content (AvgIpc) is 2.02. The van der Waals surface area contributed by atoms with E-state index in [2.05, 4.69) is 5.32 Å². The smallest absolute Gasteiger partial charge is 0.320 e. The summed E-state index contributed by atoms with van der Waals surface area (Å²) in [5.74, 6) is -0.811. The van der Waals surface area contributed by atoms with Crippen molar-refractivity contribution in [3.63, 3.8) is 0 Å². The fourth-order valence-corrected chi connectivity index (χ4v) is 0.981. The Labute approximate surface area is 79.3 Å². The first-order chi connectivity index (χ1) is 6.07. The van der Waals surface area contributed by atoms with Crippen LogP contribution in [0.5, 0.6) is 0 Å².